The van der Waals surface area contributed by atoms with Gasteiger partial charge in [0.1, 0.15) is 12.1 Å². The molecule has 0 saturated carbocycles. The minimum Gasteiger partial charge on any atom is -0.303 e. The zero-order chi connectivity index (χ0) is 9.84. The highest BCUT2D eigenvalue weighted by atomic mass is 19.1. The highest BCUT2D eigenvalue weighted by Crippen LogP contribution is 2.12. The summed E-state index contributed by atoms with van der Waals surface area (Å²) in [7, 11) is 0. The van der Waals surface area contributed by atoms with E-state index in [1.54, 1.807) is 13.0 Å². The van der Waals surface area contributed by atoms with Gasteiger partial charge in [-0.2, -0.15) is 0 Å². The summed E-state index contributed by atoms with van der Waals surface area (Å²) in [6.07, 6.45) is 1.50. The maximum atomic E-state index is 13.0. The van der Waals surface area contributed by atoms with E-state index < -0.39 is 0 Å². The summed E-state index contributed by atoms with van der Waals surface area (Å²) in [5, 5.41) is 0. The van der Waals surface area contributed by atoms with Gasteiger partial charge in [-0.15, -0.1) is 0 Å². The molecule has 0 amide bonds. The van der Waals surface area contributed by atoms with E-state index in [1.165, 1.54) is 6.07 Å². The van der Waals surface area contributed by atoms with Crippen molar-refractivity contribution in [1.82, 2.24) is 0 Å². The van der Waals surface area contributed by atoms with E-state index in [1.807, 2.05) is 13.0 Å². The lowest BCUT2D eigenvalue weighted by molar-refractivity contribution is -0.110. The molecule has 0 aliphatic heterocycles. The molecular formula is C11H13FO. The van der Waals surface area contributed by atoms with E-state index >= 15 is 0 Å². The van der Waals surface area contributed by atoms with E-state index in [4.69, 9.17) is 0 Å². The third-order valence-electron chi connectivity index (χ3n) is 2.03. The third kappa shape index (κ3) is 2.65. The molecule has 0 saturated heterocycles. The van der Waals surface area contributed by atoms with E-state index in [9.17, 15) is 9.18 Å². The monoisotopic (exact) mass is 180 g/mol. The minimum absolute atomic E-state index is 0.0397. The lowest BCUT2D eigenvalue weighted by Gasteiger charge is -2.04. The second kappa shape index (κ2) is 4.17. The average molecular weight is 180 g/mol. The van der Waals surface area contributed by atoms with Crippen molar-refractivity contribution >= 4 is 6.29 Å². The molecule has 0 bridgehead atoms. The average Bonchev–Trinajstić information content (AvgIpc) is 2.11. The predicted molar refractivity (Wildman–Crippen MR) is 50.1 cm³/mol. The molecule has 70 valence electrons. The van der Waals surface area contributed by atoms with Crippen molar-refractivity contribution < 1.29 is 9.18 Å². The Labute approximate surface area is 77.6 Å². The largest absolute Gasteiger partial charge is 0.303 e. The van der Waals surface area contributed by atoms with Crippen LogP contribution in [0.2, 0.25) is 0 Å². The molecule has 0 aliphatic carbocycles. The van der Waals surface area contributed by atoms with Crippen molar-refractivity contribution in [2.75, 3.05) is 0 Å². The van der Waals surface area contributed by atoms with Gasteiger partial charge in [-0.3, -0.25) is 0 Å². The number of carbonyl (C=O) groups excluding carboxylic acids is 1. The molecule has 13 heavy (non-hydrogen) atoms. The van der Waals surface area contributed by atoms with Crippen LogP contribution < -0.4 is 0 Å². The number of aldehydes is 1. The van der Waals surface area contributed by atoms with E-state index in [0.717, 1.165) is 11.8 Å². The summed E-state index contributed by atoms with van der Waals surface area (Å²) in [6.45, 7) is 3.55. The topological polar surface area (TPSA) is 17.1 Å². The van der Waals surface area contributed by atoms with Crippen LogP contribution in [0.4, 0.5) is 4.39 Å². The molecule has 1 rings (SSSR count). The Bertz CT molecular complexity index is 307. The molecule has 1 nitrogen and oxygen atoms in total. The highest BCUT2D eigenvalue weighted by Gasteiger charge is 2.03. The SMILES string of the molecule is Cc1ccc(CC(C)C=O)cc1F. The Balaban J connectivity index is 2.79. The zero-order valence-corrected chi connectivity index (χ0v) is 7.88. The number of aryl methyl sites for hydroxylation is 1. The fourth-order valence-electron chi connectivity index (χ4n) is 1.18. The minimum atomic E-state index is -0.199. The first-order valence-electron chi connectivity index (χ1n) is 4.34. The summed E-state index contributed by atoms with van der Waals surface area (Å²) in [4.78, 5) is 10.4. The van der Waals surface area contributed by atoms with Crippen LogP contribution in [0, 0.1) is 18.7 Å². The molecule has 0 N–H and O–H groups in total. The van der Waals surface area contributed by atoms with Crippen molar-refractivity contribution in [2.24, 2.45) is 5.92 Å². The number of halogens is 1. The quantitative estimate of drug-likeness (QED) is 0.653. The Hall–Kier alpha value is -1.18. The van der Waals surface area contributed by atoms with Crippen molar-refractivity contribution in [3.8, 4) is 0 Å². The first kappa shape index (κ1) is 9.90. The van der Waals surface area contributed by atoms with Crippen LogP contribution in [-0.4, -0.2) is 6.29 Å². The predicted octanol–water partition coefficient (Wildman–Crippen LogP) is 2.51. The van der Waals surface area contributed by atoms with E-state index in [2.05, 4.69) is 0 Å². The highest BCUT2D eigenvalue weighted by molar-refractivity contribution is 5.53. The molecule has 0 heterocycles. The summed E-state index contributed by atoms with van der Waals surface area (Å²) < 4.78 is 13.0. The molecule has 0 aliphatic rings. The van der Waals surface area contributed by atoms with Gasteiger partial charge >= 0.3 is 0 Å². The molecule has 0 radical (unpaired) electrons. The van der Waals surface area contributed by atoms with E-state index in [-0.39, 0.29) is 11.7 Å². The number of hydrogen-bond acceptors (Lipinski definition) is 1. The number of rotatable bonds is 3. The Morgan fingerprint density at radius 1 is 1.54 bits per heavy atom. The molecule has 1 aromatic carbocycles. The molecule has 0 spiro atoms. The summed E-state index contributed by atoms with van der Waals surface area (Å²) in [5.74, 6) is -0.238. The van der Waals surface area contributed by atoms with Crippen LogP contribution in [-0.2, 0) is 11.2 Å². The lowest BCUT2D eigenvalue weighted by Crippen LogP contribution is -2.01. The summed E-state index contributed by atoms with van der Waals surface area (Å²) in [5.41, 5.74) is 1.52. The van der Waals surface area contributed by atoms with E-state index in [0.29, 0.717) is 12.0 Å². The van der Waals surface area contributed by atoms with Gasteiger partial charge in [0.2, 0.25) is 0 Å². The fraction of sp³-hybridized carbons (Fsp3) is 0.364. The molecule has 2 heteroatoms. The van der Waals surface area contributed by atoms with Crippen LogP contribution >= 0.6 is 0 Å². The Morgan fingerprint density at radius 3 is 2.77 bits per heavy atom. The second-order valence-electron chi connectivity index (χ2n) is 3.40. The first-order valence-corrected chi connectivity index (χ1v) is 4.34. The van der Waals surface area contributed by atoms with Gasteiger partial charge in [0, 0.05) is 5.92 Å². The van der Waals surface area contributed by atoms with Gasteiger partial charge in [0.25, 0.3) is 0 Å². The van der Waals surface area contributed by atoms with Gasteiger partial charge < -0.3 is 4.79 Å². The number of carbonyl (C=O) groups is 1. The van der Waals surface area contributed by atoms with Crippen LogP contribution in [0.5, 0.6) is 0 Å². The smallest absolute Gasteiger partial charge is 0.126 e. The lowest BCUT2D eigenvalue weighted by atomic mass is 10.0. The van der Waals surface area contributed by atoms with Crippen LogP contribution in [0.15, 0.2) is 18.2 Å². The maximum absolute atomic E-state index is 13.0. The number of hydrogen-bond donors (Lipinski definition) is 0. The molecule has 1 atom stereocenters. The summed E-state index contributed by atoms with van der Waals surface area (Å²) >= 11 is 0. The molecule has 1 unspecified atom stereocenters. The Morgan fingerprint density at radius 2 is 2.23 bits per heavy atom. The van der Waals surface area contributed by atoms with Crippen molar-refractivity contribution in [1.29, 1.82) is 0 Å². The van der Waals surface area contributed by atoms with Crippen LogP contribution in [0.1, 0.15) is 18.1 Å². The number of benzene rings is 1. The maximum Gasteiger partial charge on any atom is 0.126 e. The van der Waals surface area contributed by atoms with Crippen molar-refractivity contribution in [3.63, 3.8) is 0 Å². The Kier molecular flexibility index (Phi) is 3.18. The molecular weight excluding hydrogens is 167 g/mol. The van der Waals surface area contributed by atoms with Crippen molar-refractivity contribution in [2.45, 2.75) is 20.3 Å². The second-order valence-corrected chi connectivity index (χ2v) is 3.40. The van der Waals surface area contributed by atoms with Gasteiger partial charge in [0.05, 0.1) is 0 Å². The van der Waals surface area contributed by atoms with Gasteiger partial charge in [-0.25, -0.2) is 4.39 Å². The van der Waals surface area contributed by atoms with Gasteiger partial charge in [-0.1, -0.05) is 19.1 Å². The first-order chi connectivity index (χ1) is 6.13. The fourth-order valence-corrected chi connectivity index (χ4v) is 1.18. The summed E-state index contributed by atoms with van der Waals surface area (Å²) in [6, 6.07) is 5.09. The van der Waals surface area contributed by atoms with Gasteiger partial charge in [-0.05, 0) is 30.5 Å². The van der Waals surface area contributed by atoms with Crippen molar-refractivity contribution in [3.05, 3.63) is 35.1 Å². The van der Waals surface area contributed by atoms with Crippen LogP contribution in [0.3, 0.4) is 0 Å². The standard InChI is InChI=1S/C11H13FO/c1-8(7-13)5-10-4-3-9(2)11(12)6-10/h3-4,6-8H,5H2,1-2H3. The normalized spacial score (nSPS) is 12.5. The third-order valence-corrected chi connectivity index (χ3v) is 2.03. The molecule has 0 fully saturated rings. The zero-order valence-electron chi connectivity index (χ0n) is 7.88. The molecule has 1 aromatic rings. The van der Waals surface area contributed by atoms with Gasteiger partial charge in [0.15, 0.2) is 0 Å². The van der Waals surface area contributed by atoms with Crippen LogP contribution in [0.25, 0.3) is 0 Å². The molecule has 0 aromatic heterocycles.